The van der Waals surface area contributed by atoms with Crippen LogP contribution in [0.4, 0.5) is 0 Å². The van der Waals surface area contributed by atoms with Gasteiger partial charge in [-0.2, -0.15) is 0 Å². The number of hydrogen-bond acceptors (Lipinski definition) is 13. The van der Waals surface area contributed by atoms with Crippen LogP contribution in [-0.2, 0) is 31.2 Å². The van der Waals surface area contributed by atoms with Crippen LogP contribution in [0.3, 0.4) is 0 Å². The summed E-state index contributed by atoms with van der Waals surface area (Å²) < 4.78 is 48.5. The minimum absolute atomic E-state index is 0. The predicted molar refractivity (Wildman–Crippen MR) is 33.7 cm³/mol. The molecule has 0 aliphatic carbocycles. The normalized spacial score (nSPS) is 15.2. The largest absolute Gasteiger partial charge is 1.00 e. The molecule has 2 unspecified atom stereocenters. The van der Waals surface area contributed by atoms with Gasteiger partial charge < -0.3 is 38.5 Å². The van der Waals surface area contributed by atoms with Crippen molar-refractivity contribution in [2.24, 2.45) is 0 Å². The molecule has 0 rings (SSSR count). The van der Waals surface area contributed by atoms with Gasteiger partial charge in [0.2, 0.25) is 0 Å². The molecule has 0 heterocycles. The van der Waals surface area contributed by atoms with Gasteiger partial charge in [-0.05, 0) is 0 Å². The molecule has 13 nitrogen and oxygen atoms in total. The van der Waals surface area contributed by atoms with Crippen molar-refractivity contribution in [3.8, 4) is 0 Å². The third-order valence-corrected chi connectivity index (χ3v) is 5.40. The van der Waals surface area contributed by atoms with Crippen molar-refractivity contribution in [3.05, 3.63) is 0 Å². The van der Waals surface area contributed by atoms with E-state index < -0.39 is 31.3 Å². The topological polar surface area (TPSA) is 234 Å². The fraction of sp³-hybridized carbons (Fsp3) is 0. The molecule has 2 atom stereocenters. The van der Waals surface area contributed by atoms with Crippen molar-refractivity contribution in [3.63, 3.8) is 0 Å². The fourth-order valence-corrected chi connectivity index (χ4v) is 4.11. The van der Waals surface area contributed by atoms with Crippen LogP contribution in [0.15, 0.2) is 0 Å². The summed E-state index contributed by atoms with van der Waals surface area (Å²) in [5.74, 6) is 0. The van der Waals surface area contributed by atoms with Crippen LogP contribution in [0.2, 0.25) is 0 Å². The Bertz CT molecular complexity index is 427. The Morgan fingerprint density at radius 2 is 0.652 bits per heavy atom. The SMILES string of the molecule is O=P([O-])([O-])OP(=O)([O-])OP(=O)([O-])OP(=O)([O-])[O-].[K+].[K+].[K+].[K+].[Na+].[Na+]. The molecule has 0 aromatic heterocycles. The zero-order valence-electron chi connectivity index (χ0n) is 13.1. The second-order valence-corrected chi connectivity index (χ2v) is 7.57. The molecule has 0 aromatic carbocycles. The maximum absolute atomic E-state index is 10.4. The van der Waals surface area contributed by atoms with Crippen molar-refractivity contribution in [2.75, 3.05) is 0 Å². The summed E-state index contributed by atoms with van der Waals surface area (Å²) in [6, 6.07) is 0. The van der Waals surface area contributed by atoms with Gasteiger partial charge in [-0.1, -0.05) is 0 Å². The Morgan fingerprint density at radius 1 is 0.478 bits per heavy atom. The monoisotopic (exact) mass is 534 g/mol. The van der Waals surface area contributed by atoms with Crippen molar-refractivity contribution in [2.45, 2.75) is 0 Å². The van der Waals surface area contributed by atoms with E-state index in [1.807, 2.05) is 0 Å². The van der Waals surface area contributed by atoms with Gasteiger partial charge in [-0.25, -0.2) is 4.31 Å². The molecular formula is K4Na2O13P4. The molecule has 0 saturated heterocycles. The van der Waals surface area contributed by atoms with Crippen LogP contribution in [0.1, 0.15) is 0 Å². The Kier molecular flexibility index (Phi) is 46.3. The van der Waals surface area contributed by atoms with E-state index in [1.165, 1.54) is 0 Å². The summed E-state index contributed by atoms with van der Waals surface area (Å²) in [6.07, 6.45) is 0. The van der Waals surface area contributed by atoms with Gasteiger partial charge in [0.05, 0.1) is 15.6 Å². The molecule has 0 bridgehead atoms. The smallest absolute Gasteiger partial charge is 0.790 e. The zero-order chi connectivity index (χ0) is 14.1. The second kappa shape index (κ2) is 21.6. The fourth-order valence-electron chi connectivity index (χ4n) is 0.397. The first-order valence-corrected chi connectivity index (χ1v) is 8.76. The molecule has 0 N–H and O–H groups in total. The molecule has 0 amide bonds. The Hall–Kier alpha value is 9.11. The minimum Gasteiger partial charge on any atom is -0.790 e. The van der Waals surface area contributed by atoms with Gasteiger partial charge in [-0.15, -0.1) is 0 Å². The van der Waals surface area contributed by atoms with Crippen LogP contribution >= 0.6 is 31.3 Å². The average molecular weight is 534 g/mol. The minimum atomic E-state index is -6.26. The summed E-state index contributed by atoms with van der Waals surface area (Å²) in [6.45, 7) is 0. The zero-order valence-corrected chi connectivity index (χ0v) is 33.2. The Labute approximate surface area is 345 Å². The van der Waals surface area contributed by atoms with E-state index >= 15 is 0 Å². The van der Waals surface area contributed by atoms with E-state index in [0.717, 1.165) is 0 Å². The van der Waals surface area contributed by atoms with E-state index in [9.17, 15) is 47.6 Å². The average Bonchev–Trinajstić information content (AvgIpc) is 1.65. The molecule has 0 spiro atoms. The third kappa shape index (κ3) is 35.9. The van der Waals surface area contributed by atoms with Crippen molar-refractivity contribution in [1.82, 2.24) is 0 Å². The molecule has 104 valence electrons. The number of rotatable bonds is 6. The Morgan fingerprint density at radius 3 is 0.783 bits per heavy atom. The van der Waals surface area contributed by atoms with Crippen LogP contribution in [0.5, 0.6) is 0 Å². The van der Waals surface area contributed by atoms with E-state index in [2.05, 4.69) is 12.9 Å². The number of phosphoric acid groups is 4. The van der Waals surface area contributed by atoms with E-state index in [4.69, 9.17) is 0 Å². The third-order valence-electron chi connectivity index (χ3n) is 0.600. The number of hydrogen-bond donors (Lipinski definition) is 0. The maximum Gasteiger partial charge on any atom is 1.00 e. The molecule has 0 saturated carbocycles. The quantitative estimate of drug-likeness (QED) is 0.228. The summed E-state index contributed by atoms with van der Waals surface area (Å²) in [7, 11) is -24.9. The molecule has 0 radical (unpaired) electrons. The Balaban J connectivity index is -0.0000000853. The molecule has 0 fully saturated rings. The van der Waals surface area contributed by atoms with Crippen LogP contribution in [0, 0.1) is 0 Å². The predicted octanol–water partition coefficient (Wildman–Crippen LogP) is -22.3. The van der Waals surface area contributed by atoms with Crippen LogP contribution < -0.4 is 294 Å². The van der Waals surface area contributed by atoms with Crippen molar-refractivity contribution in [1.29, 1.82) is 0 Å². The van der Waals surface area contributed by atoms with Crippen LogP contribution in [0.25, 0.3) is 0 Å². The van der Waals surface area contributed by atoms with Crippen molar-refractivity contribution < 1.29 is 325 Å². The molecule has 0 aliphatic rings. The maximum atomic E-state index is 10.4. The molecule has 23 heavy (non-hydrogen) atoms. The summed E-state index contributed by atoms with van der Waals surface area (Å²) in [4.78, 5) is 60.0. The molecule has 23 heteroatoms. The first-order valence-electron chi connectivity index (χ1n) is 2.92. The second-order valence-electron chi connectivity index (χ2n) is 2.03. The van der Waals surface area contributed by atoms with Gasteiger partial charge in [0.1, 0.15) is 0 Å². The standard InChI is InChI=1S/4K.2Na.H6O13P4/c;;;;;;1-14(2,3)11-16(7,8)13-17(9,10)12-15(4,5)6/h;;;;;;(H,7,8)(H,9,10)(H2,1,2,3)(H2,4,5,6)/q6*+1;/p-6. The van der Waals surface area contributed by atoms with E-state index in [1.54, 1.807) is 0 Å². The summed E-state index contributed by atoms with van der Waals surface area (Å²) in [5, 5.41) is 0. The summed E-state index contributed by atoms with van der Waals surface area (Å²) >= 11 is 0. The van der Waals surface area contributed by atoms with Crippen LogP contribution in [-0.4, -0.2) is 0 Å². The van der Waals surface area contributed by atoms with Gasteiger partial charge in [0.25, 0.3) is 15.6 Å². The van der Waals surface area contributed by atoms with E-state index in [-0.39, 0.29) is 265 Å². The van der Waals surface area contributed by atoms with E-state index in [0.29, 0.717) is 0 Å². The molecule has 0 aromatic rings. The molecular weight excluding hydrogens is 534 g/mol. The van der Waals surface area contributed by atoms with Gasteiger partial charge >= 0.3 is 265 Å². The first-order chi connectivity index (χ1) is 7.12. The molecule has 0 aliphatic heterocycles. The van der Waals surface area contributed by atoms with Gasteiger partial charge in [0, 0.05) is 0 Å². The van der Waals surface area contributed by atoms with Gasteiger partial charge in [-0.3, -0.25) is 17.8 Å². The van der Waals surface area contributed by atoms with Crippen molar-refractivity contribution >= 4 is 31.3 Å². The van der Waals surface area contributed by atoms with Gasteiger partial charge in [0.15, 0.2) is 0 Å². The first kappa shape index (κ1) is 49.3. The summed E-state index contributed by atoms with van der Waals surface area (Å²) in [5.41, 5.74) is 0.